The highest BCUT2D eigenvalue weighted by Crippen LogP contribution is 2.21. The van der Waals surface area contributed by atoms with Crippen LogP contribution in [0.25, 0.3) is 0 Å². The van der Waals surface area contributed by atoms with Crippen LogP contribution in [0.5, 0.6) is 0 Å². The minimum Gasteiger partial charge on any atom is -0.463 e. The van der Waals surface area contributed by atoms with Crippen LogP contribution in [0.2, 0.25) is 0 Å². The fourth-order valence-corrected chi connectivity index (χ4v) is 3.28. The summed E-state index contributed by atoms with van der Waals surface area (Å²) in [6.07, 6.45) is 0. The first-order valence-electron chi connectivity index (χ1n) is 11.4. The maximum atomic E-state index is 13.3. The van der Waals surface area contributed by atoms with E-state index in [1.165, 1.54) is 55.4 Å². The van der Waals surface area contributed by atoms with E-state index in [-0.39, 0.29) is 6.61 Å². The van der Waals surface area contributed by atoms with E-state index in [1.807, 2.05) is 0 Å². The molecule has 0 saturated carbocycles. The summed E-state index contributed by atoms with van der Waals surface area (Å²) in [6, 6.07) is 8.70. The van der Waals surface area contributed by atoms with E-state index in [0.717, 1.165) is 0 Å². The molecule has 0 bridgehead atoms. The Kier molecular flexibility index (Phi) is 7.69. The number of hydrogen-bond acceptors (Lipinski definition) is 6. The van der Waals surface area contributed by atoms with Gasteiger partial charge in [0, 0.05) is 0 Å². The van der Waals surface area contributed by atoms with Crippen LogP contribution < -0.4 is 21.3 Å². The first-order chi connectivity index (χ1) is 15.9. The van der Waals surface area contributed by atoms with Crippen molar-refractivity contribution in [2.75, 3.05) is 6.61 Å². The van der Waals surface area contributed by atoms with Crippen molar-refractivity contribution in [2.45, 2.75) is 83.5 Å². The van der Waals surface area contributed by atoms with Crippen molar-refractivity contribution in [3.8, 4) is 0 Å². The third kappa shape index (κ3) is 6.58. The maximum Gasteiger partial charge on any atom is 0.331 e. The molecular formula is C25H36N4O6. The minimum atomic E-state index is -1.45. The van der Waals surface area contributed by atoms with Crippen LogP contribution in [-0.4, -0.2) is 58.4 Å². The summed E-state index contributed by atoms with van der Waals surface area (Å²) >= 11 is 0. The monoisotopic (exact) mass is 488 g/mol. The lowest BCUT2D eigenvalue weighted by molar-refractivity contribution is -0.154. The fraction of sp³-hybridized carbons (Fsp3) is 0.560. The van der Waals surface area contributed by atoms with Gasteiger partial charge >= 0.3 is 5.97 Å². The molecule has 2 rings (SSSR count). The van der Waals surface area contributed by atoms with Gasteiger partial charge in [0.15, 0.2) is 0 Å². The van der Waals surface area contributed by atoms with E-state index in [4.69, 9.17) is 4.74 Å². The number of carbonyl (C=O) groups excluding carboxylic acids is 5. The largest absolute Gasteiger partial charge is 0.463 e. The van der Waals surface area contributed by atoms with Gasteiger partial charge in [0.25, 0.3) is 0 Å². The summed E-state index contributed by atoms with van der Waals surface area (Å²) in [5.41, 5.74) is -5.10. The summed E-state index contributed by atoms with van der Waals surface area (Å²) in [4.78, 5) is 65.2. The zero-order chi connectivity index (χ0) is 26.8. The van der Waals surface area contributed by atoms with Gasteiger partial charge in [-0.2, -0.15) is 0 Å². The summed E-state index contributed by atoms with van der Waals surface area (Å²) in [5, 5.41) is 10.6. The first-order valence-corrected chi connectivity index (χ1v) is 11.4. The number of esters is 1. The summed E-state index contributed by atoms with van der Waals surface area (Å²) in [6.45, 7) is 11.6. The van der Waals surface area contributed by atoms with Gasteiger partial charge in [-0.15, -0.1) is 0 Å². The van der Waals surface area contributed by atoms with Gasteiger partial charge in [0.05, 0.1) is 5.92 Å². The predicted octanol–water partition coefficient (Wildman–Crippen LogP) is 0.906. The van der Waals surface area contributed by atoms with E-state index in [1.54, 1.807) is 30.3 Å². The zero-order valence-electron chi connectivity index (χ0n) is 21.6. The normalized spacial score (nSPS) is 24.8. The fourth-order valence-electron chi connectivity index (χ4n) is 3.28. The van der Waals surface area contributed by atoms with Gasteiger partial charge in [-0.3, -0.25) is 19.2 Å². The Morgan fingerprint density at radius 3 is 1.49 bits per heavy atom. The van der Waals surface area contributed by atoms with Crippen molar-refractivity contribution >= 4 is 29.6 Å². The molecule has 1 aromatic carbocycles. The number of benzene rings is 1. The molecule has 0 spiro atoms. The third-order valence-electron chi connectivity index (χ3n) is 5.83. The molecule has 10 heteroatoms. The standard InChI is InChI=1S/C25H36N4O6/c1-22(2)18(31)27-23(3,4)19(32)28-24(5,6)20(33)29-25(7,8)21(34)35-14-16(17(30)26-22)15-12-10-9-11-13-15/h9-13,16H,14H2,1-8H3,(H,26,30)(H,27,31)(H,28,32)(H,29,33)/t16-/m1/s1. The summed E-state index contributed by atoms with van der Waals surface area (Å²) < 4.78 is 5.46. The second kappa shape index (κ2) is 9.67. The van der Waals surface area contributed by atoms with E-state index in [9.17, 15) is 24.0 Å². The molecule has 1 aromatic rings. The van der Waals surface area contributed by atoms with Gasteiger partial charge in [0.2, 0.25) is 23.6 Å². The van der Waals surface area contributed by atoms with Crippen LogP contribution in [-0.2, 0) is 28.7 Å². The van der Waals surface area contributed by atoms with Crippen LogP contribution in [0, 0.1) is 0 Å². The Morgan fingerprint density at radius 2 is 1.03 bits per heavy atom. The van der Waals surface area contributed by atoms with Gasteiger partial charge in [0.1, 0.15) is 28.8 Å². The smallest absolute Gasteiger partial charge is 0.331 e. The highest BCUT2D eigenvalue weighted by atomic mass is 16.5. The van der Waals surface area contributed by atoms with Crippen LogP contribution in [0.3, 0.4) is 0 Å². The molecular weight excluding hydrogens is 452 g/mol. The second-order valence-corrected chi connectivity index (χ2v) is 10.9. The lowest BCUT2D eigenvalue weighted by atomic mass is 9.93. The molecule has 1 aliphatic heterocycles. The van der Waals surface area contributed by atoms with Crippen molar-refractivity contribution in [2.24, 2.45) is 0 Å². The van der Waals surface area contributed by atoms with Crippen molar-refractivity contribution < 1.29 is 28.7 Å². The lowest BCUT2D eigenvalue weighted by Gasteiger charge is -2.36. The summed E-state index contributed by atoms with van der Waals surface area (Å²) in [7, 11) is 0. The van der Waals surface area contributed by atoms with Gasteiger partial charge in [-0.05, 0) is 61.0 Å². The second-order valence-electron chi connectivity index (χ2n) is 10.9. The SMILES string of the molecule is CC1(C)NC(=O)[C@@H](c2ccccc2)COC(=O)C(C)(C)NC(=O)C(C)(C)NC(=O)C(C)(C)NC1=O. The maximum absolute atomic E-state index is 13.3. The van der Waals surface area contributed by atoms with Gasteiger partial charge in [-0.25, -0.2) is 4.79 Å². The minimum absolute atomic E-state index is 0.308. The Labute approximate surface area is 205 Å². The highest BCUT2D eigenvalue weighted by Gasteiger charge is 2.43. The van der Waals surface area contributed by atoms with E-state index in [2.05, 4.69) is 21.3 Å². The molecule has 0 aliphatic carbocycles. The lowest BCUT2D eigenvalue weighted by Crippen LogP contribution is -2.67. The molecule has 35 heavy (non-hydrogen) atoms. The molecule has 1 saturated heterocycles. The molecule has 10 nitrogen and oxygen atoms in total. The third-order valence-corrected chi connectivity index (χ3v) is 5.83. The van der Waals surface area contributed by atoms with Crippen molar-refractivity contribution in [1.82, 2.24) is 21.3 Å². The molecule has 192 valence electrons. The molecule has 0 radical (unpaired) electrons. The molecule has 4 amide bonds. The topological polar surface area (TPSA) is 143 Å². The Hall–Kier alpha value is -3.43. The molecule has 0 aromatic heterocycles. The number of cyclic esters (lactones) is 1. The molecule has 1 atom stereocenters. The number of hydrogen-bond donors (Lipinski definition) is 4. The zero-order valence-corrected chi connectivity index (χ0v) is 21.6. The Bertz CT molecular complexity index is 1010. The molecule has 1 aliphatic rings. The average molecular weight is 489 g/mol. The predicted molar refractivity (Wildman–Crippen MR) is 129 cm³/mol. The van der Waals surface area contributed by atoms with Crippen LogP contribution in [0.1, 0.15) is 66.9 Å². The first kappa shape index (κ1) is 27.8. The number of amides is 4. The number of nitrogens with one attached hydrogen (secondary N) is 4. The number of carbonyl (C=O) groups is 5. The van der Waals surface area contributed by atoms with E-state index >= 15 is 0 Å². The van der Waals surface area contributed by atoms with Crippen molar-refractivity contribution in [1.29, 1.82) is 0 Å². The molecule has 4 N–H and O–H groups in total. The van der Waals surface area contributed by atoms with Crippen molar-refractivity contribution in [3.63, 3.8) is 0 Å². The number of rotatable bonds is 1. The highest BCUT2D eigenvalue weighted by molar-refractivity contribution is 6.00. The summed E-state index contributed by atoms with van der Waals surface area (Å²) in [5.74, 6) is -4.07. The molecule has 1 fully saturated rings. The van der Waals surface area contributed by atoms with Crippen LogP contribution in [0.4, 0.5) is 0 Å². The Balaban J connectivity index is 2.51. The van der Waals surface area contributed by atoms with Crippen LogP contribution >= 0.6 is 0 Å². The van der Waals surface area contributed by atoms with E-state index < -0.39 is 57.7 Å². The number of ether oxygens (including phenoxy) is 1. The quantitative estimate of drug-likeness (QED) is 0.433. The molecule has 1 heterocycles. The molecule has 0 unspecified atom stereocenters. The van der Waals surface area contributed by atoms with Gasteiger partial charge in [-0.1, -0.05) is 30.3 Å². The average Bonchev–Trinajstić information content (AvgIpc) is 2.72. The van der Waals surface area contributed by atoms with Crippen LogP contribution in [0.15, 0.2) is 30.3 Å². The van der Waals surface area contributed by atoms with Gasteiger partial charge < -0.3 is 26.0 Å². The van der Waals surface area contributed by atoms with E-state index in [0.29, 0.717) is 5.56 Å². The van der Waals surface area contributed by atoms with Crippen molar-refractivity contribution in [3.05, 3.63) is 35.9 Å². The Morgan fingerprint density at radius 1 is 0.629 bits per heavy atom.